The van der Waals surface area contributed by atoms with Crippen LogP contribution in [0.25, 0.3) is 0 Å². The standard InChI is InChI=1S/C28H44O7/c1-15(6-9-25(32)33)20-7-8-21-26-22(14-24(31)28(20,21)5)27(4)11-10-19(34-16(2)29)12-18(27)13-23(26)35-17(3)30/h15,18-24,26,31H,6-14H2,1-5H3,(H,32,33)/t15-,18-,19-,20+,21-,22+,23-,24+,26+,27-,28+/m1/s1. The number of fused-ring (bicyclic) bond motifs is 5. The molecule has 11 atom stereocenters. The Hall–Kier alpha value is -1.63. The van der Waals surface area contributed by atoms with Crippen LogP contribution in [-0.2, 0) is 23.9 Å². The predicted molar refractivity (Wildman–Crippen MR) is 129 cm³/mol. The molecule has 7 heteroatoms. The number of hydrogen-bond acceptors (Lipinski definition) is 6. The number of carboxylic acid groups (broad SMARTS) is 1. The maximum Gasteiger partial charge on any atom is 0.303 e. The summed E-state index contributed by atoms with van der Waals surface area (Å²) in [5.41, 5.74) is -0.303. The lowest BCUT2D eigenvalue weighted by atomic mass is 9.43. The summed E-state index contributed by atoms with van der Waals surface area (Å²) in [4.78, 5) is 35.0. The van der Waals surface area contributed by atoms with Gasteiger partial charge in [-0.1, -0.05) is 20.8 Å². The predicted octanol–water partition coefficient (Wildman–Crippen LogP) is 4.59. The van der Waals surface area contributed by atoms with Crippen molar-refractivity contribution >= 4 is 17.9 Å². The maximum absolute atomic E-state index is 12.2. The molecule has 0 radical (unpaired) electrons. The molecule has 0 aromatic carbocycles. The minimum Gasteiger partial charge on any atom is -0.481 e. The van der Waals surface area contributed by atoms with Gasteiger partial charge in [0.1, 0.15) is 12.2 Å². The van der Waals surface area contributed by atoms with Gasteiger partial charge < -0.3 is 19.7 Å². The van der Waals surface area contributed by atoms with Gasteiger partial charge in [-0.25, -0.2) is 0 Å². The summed E-state index contributed by atoms with van der Waals surface area (Å²) in [6.45, 7) is 9.63. The molecule has 7 nitrogen and oxygen atoms in total. The van der Waals surface area contributed by atoms with Crippen molar-refractivity contribution in [2.45, 2.75) is 111 Å². The Labute approximate surface area is 209 Å². The minimum absolute atomic E-state index is 0.00723. The average Bonchev–Trinajstić information content (AvgIpc) is 3.11. The third kappa shape index (κ3) is 4.62. The Balaban J connectivity index is 1.64. The van der Waals surface area contributed by atoms with E-state index in [0.29, 0.717) is 12.8 Å². The van der Waals surface area contributed by atoms with E-state index >= 15 is 0 Å². The van der Waals surface area contributed by atoms with Crippen molar-refractivity contribution in [3.63, 3.8) is 0 Å². The lowest BCUT2D eigenvalue weighted by Gasteiger charge is -2.64. The van der Waals surface area contributed by atoms with Gasteiger partial charge in [-0.15, -0.1) is 0 Å². The van der Waals surface area contributed by atoms with Gasteiger partial charge in [0, 0.05) is 26.2 Å². The molecule has 198 valence electrons. The molecule has 4 aliphatic carbocycles. The number of aliphatic carboxylic acids is 1. The van der Waals surface area contributed by atoms with E-state index in [2.05, 4.69) is 20.8 Å². The van der Waals surface area contributed by atoms with Crippen molar-refractivity contribution in [2.24, 2.45) is 46.3 Å². The summed E-state index contributed by atoms with van der Waals surface area (Å²) in [6, 6.07) is 0. The van der Waals surface area contributed by atoms with E-state index in [1.54, 1.807) is 0 Å². The van der Waals surface area contributed by atoms with Gasteiger partial charge in [-0.3, -0.25) is 14.4 Å². The topological polar surface area (TPSA) is 110 Å². The first kappa shape index (κ1) is 26.4. The first-order chi connectivity index (χ1) is 16.4. The first-order valence-corrected chi connectivity index (χ1v) is 13.6. The molecule has 0 unspecified atom stereocenters. The quantitative estimate of drug-likeness (QED) is 0.522. The van der Waals surface area contributed by atoms with E-state index in [1.807, 2.05) is 0 Å². The molecule has 2 N–H and O–H groups in total. The third-order valence-corrected chi connectivity index (χ3v) is 10.9. The van der Waals surface area contributed by atoms with Crippen LogP contribution in [0.4, 0.5) is 0 Å². The number of ether oxygens (including phenoxy) is 2. The van der Waals surface area contributed by atoms with Crippen molar-refractivity contribution in [2.75, 3.05) is 0 Å². The fourth-order valence-corrected chi connectivity index (χ4v) is 9.32. The van der Waals surface area contributed by atoms with Gasteiger partial charge in [-0.05, 0) is 91.8 Å². The lowest BCUT2D eigenvalue weighted by Crippen LogP contribution is -2.63. The van der Waals surface area contributed by atoms with E-state index in [4.69, 9.17) is 9.47 Å². The number of carboxylic acids is 1. The minimum atomic E-state index is -0.772. The van der Waals surface area contributed by atoms with E-state index < -0.39 is 12.1 Å². The Morgan fingerprint density at radius 2 is 1.66 bits per heavy atom. The Kier molecular flexibility index (Phi) is 7.31. The molecule has 0 amide bonds. The highest BCUT2D eigenvalue weighted by atomic mass is 16.5. The second kappa shape index (κ2) is 9.68. The van der Waals surface area contributed by atoms with E-state index in [-0.39, 0.29) is 76.9 Å². The summed E-state index contributed by atoms with van der Waals surface area (Å²) in [5, 5.41) is 20.9. The number of carbonyl (C=O) groups is 3. The normalized spacial score (nSPS) is 45.4. The fraction of sp³-hybridized carbons (Fsp3) is 0.893. The number of carbonyl (C=O) groups excluding carboxylic acids is 2. The molecular formula is C28H44O7. The van der Waals surface area contributed by atoms with Gasteiger partial charge in [0.15, 0.2) is 0 Å². The molecule has 0 aromatic rings. The number of hydrogen-bond donors (Lipinski definition) is 2. The smallest absolute Gasteiger partial charge is 0.303 e. The molecule has 4 rings (SSSR count). The van der Waals surface area contributed by atoms with Crippen molar-refractivity contribution < 1.29 is 34.1 Å². The van der Waals surface area contributed by atoms with Crippen LogP contribution in [0.2, 0.25) is 0 Å². The molecule has 0 heterocycles. The van der Waals surface area contributed by atoms with Gasteiger partial charge in [0.05, 0.1) is 6.10 Å². The van der Waals surface area contributed by atoms with Crippen LogP contribution in [0, 0.1) is 46.3 Å². The summed E-state index contributed by atoms with van der Waals surface area (Å²) < 4.78 is 11.6. The van der Waals surface area contributed by atoms with Crippen LogP contribution in [0.15, 0.2) is 0 Å². The van der Waals surface area contributed by atoms with Crippen LogP contribution >= 0.6 is 0 Å². The van der Waals surface area contributed by atoms with Crippen LogP contribution in [0.5, 0.6) is 0 Å². The summed E-state index contributed by atoms with van der Waals surface area (Å²) in [7, 11) is 0. The Morgan fingerprint density at radius 3 is 2.29 bits per heavy atom. The van der Waals surface area contributed by atoms with E-state index in [9.17, 15) is 24.6 Å². The molecule has 0 aliphatic heterocycles. The van der Waals surface area contributed by atoms with E-state index in [0.717, 1.165) is 38.5 Å². The fourth-order valence-electron chi connectivity index (χ4n) is 9.32. The highest BCUT2D eigenvalue weighted by Crippen LogP contribution is 2.68. The molecular weight excluding hydrogens is 448 g/mol. The third-order valence-electron chi connectivity index (χ3n) is 10.9. The summed E-state index contributed by atoms with van der Waals surface area (Å²) in [5.74, 6) is 0.128. The molecule has 0 bridgehead atoms. The second-order valence-electron chi connectivity index (χ2n) is 12.6. The average molecular weight is 493 g/mol. The zero-order valence-electron chi connectivity index (χ0n) is 22.0. The van der Waals surface area contributed by atoms with E-state index in [1.165, 1.54) is 13.8 Å². The SMILES string of the molecule is CC(=O)O[C@@H]1CC[C@]2(C)[C@H](C1)C[C@@H](OC(C)=O)[C@H]1[C@H]3CC[C@@H]([C@H](C)CCC(=O)O)[C@]3(C)[C@@H](O)C[C@@H]12. The molecule has 4 fully saturated rings. The number of esters is 2. The highest BCUT2D eigenvalue weighted by molar-refractivity contribution is 5.67. The molecule has 0 spiro atoms. The van der Waals surface area contributed by atoms with Crippen molar-refractivity contribution in [3.05, 3.63) is 0 Å². The van der Waals surface area contributed by atoms with Gasteiger partial charge in [0.25, 0.3) is 0 Å². The monoisotopic (exact) mass is 492 g/mol. The van der Waals surface area contributed by atoms with Crippen LogP contribution in [-0.4, -0.2) is 46.4 Å². The molecule has 0 saturated heterocycles. The van der Waals surface area contributed by atoms with Gasteiger partial charge >= 0.3 is 17.9 Å². The van der Waals surface area contributed by atoms with Crippen LogP contribution in [0.3, 0.4) is 0 Å². The van der Waals surface area contributed by atoms with Crippen LogP contribution in [0.1, 0.15) is 92.4 Å². The highest BCUT2D eigenvalue weighted by Gasteiger charge is 2.66. The summed E-state index contributed by atoms with van der Waals surface area (Å²) >= 11 is 0. The largest absolute Gasteiger partial charge is 0.481 e. The first-order valence-electron chi connectivity index (χ1n) is 13.6. The van der Waals surface area contributed by atoms with Crippen molar-refractivity contribution in [1.29, 1.82) is 0 Å². The Bertz CT molecular complexity index is 841. The maximum atomic E-state index is 12.2. The van der Waals surface area contributed by atoms with Crippen molar-refractivity contribution in [3.8, 4) is 0 Å². The zero-order valence-corrected chi connectivity index (χ0v) is 22.0. The molecule has 4 saturated carbocycles. The number of rotatable bonds is 6. The summed E-state index contributed by atoms with van der Waals surface area (Å²) in [6.07, 6.45) is 5.99. The number of aliphatic hydroxyl groups is 1. The lowest BCUT2D eigenvalue weighted by molar-refractivity contribution is -0.218. The van der Waals surface area contributed by atoms with Crippen LogP contribution < -0.4 is 0 Å². The van der Waals surface area contributed by atoms with Gasteiger partial charge in [-0.2, -0.15) is 0 Å². The second-order valence-corrected chi connectivity index (χ2v) is 12.6. The molecule has 0 aromatic heterocycles. The molecule has 4 aliphatic rings. The Morgan fingerprint density at radius 1 is 0.971 bits per heavy atom. The molecule has 35 heavy (non-hydrogen) atoms. The number of aliphatic hydroxyl groups excluding tert-OH is 1. The van der Waals surface area contributed by atoms with Gasteiger partial charge in [0.2, 0.25) is 0 Å². The zero-order chi connectivity index (χ0) is 25.7. The van der Waals surface area contributed by atoms with Crippen molar-refractivity contribution in [1.82, 2.24) is 0 Å².